The van der Waals surface area contributed by atoms with Gasteiger partial charge in [-0.1, -0.05) is 84.9 Å². The van der Waals surface area contributed by atoms with Crippen LogP contribution in [-0.2, 0) is 32.3 Å². The molecule has 0 bridgehead atoms. The average Bonchev–Trinajstić information content (AvgIpc) is 3.46. The highest BCUT2D eigenvalue weighted by Crippen LogP contribution is 2.33. The molecule has 0 aliphatic carbocycles. The molecule has 2 N–H and O–H groups in total. The molecule has 9 heteroatoms. The van der Waals surface area contributed by atoms with E-state index in [1.165, 1.54) is 4.90 Å². The molecule has 4 aromatic carbocycles. The molecule has 0 radical (unpaired) electrons. The third-order valence-electron chi connectivity index (χ3n) is 7.67. The van der Waals surface area contributed by atoms with E-state index in [9.17, 15) is 24.3 Å². The zero-order valence-corrected chi connectivity index (χ0v) is 24.4. The van der Waals surface area contributed by atoms with Gasteiger partial charge >= 0.3 is 11.9 Å². The Labute approximate surface area is 256 Å². The number of ether oxygens (including phenoxy) is 1. The van der Waals surface area contributed by atoms with Crippen LogP contribution in [0.5, 0.6) is 5.75 Å². The first-order valence-corrected chi connectivity index (χ1v) is 14.7. The summed E-state index contributed by atoms with van der Waals surface area (Å²) in [5, 5.41) is 14.5. The molecule has 4 aromatic rings. The topological polar surface area (TPSA) is 116 Å². The van der Waals surface area contributed by atoms with Crippen LogP contribution in [0.25, 0.3) is 21.9 Å². The normalized spacial score (nSPS) is 12.7. The molecule has 9 nitrogen and oxygen atoms in total. The summed E-state index contributed by atoms with van der Waals surface area (Å²) in [4.78, 5) is 52.0. The number of benzene rings is 4. The molecule has 1 aliphatic heterocycles. The van der Waals surface area contributed by atoms with Crippen LogP contribution in [0.3, 0.4) is 0 Å². The summed E-state index contributed by atoms with van der Waals surface area (Å²) >= 11 is 0. The van der Waals surface area contributed by atoms with Gasteiger partial charge in [0.2, 0.25) is 5.91 Å². The summed E-state index contributed by atoms with van der Waals surface area (Å²) in [5.74, 6) is -2.37. The second-order valence-corrected chi connectivity index (χ2v) is 10.8. The molecule has 0 atom stereocenters. The number of aliphatic carboxylic acids is 1. The lowest BCUT2D eigenvalue weighted by atomic mass is 9.97. The molecule has 1 saturated heterocycles. The van der Waals surface area contributed by atoms with E-state index in [1.54, 1.807) is 0 Å². The second-order valence-electron chi connectivity index (χ2n) is 10.8. The Morgan fingerprint density at radius 2 is 1.68 bits per heavy atom. The molecule has 1 aliphatic rings. The molecule has 44 heavy (non-hydrogen) atoms. The summed E-state index contributed by atoms with van der Waals surface area (Å²) in [5.41, 5.74) is 3.19. The minimum absolute atomic E-state index is 0.0311. The first-order valence-electron chi connectivity index (χ1n) is 14.7. The fraction of sp³-hybridized carbons (Fsp3) is 0.257. The number of likely N-dealkylation sites (tertiary alicyclic amines) is 1. The molecule has 226 valence electrons. The van der Waals surface area contributed by atoms with Crippen LogP contribution in [0.15, 0.2) is 91.0 Å². The van der Waals surface area contributed by atoms with E-state index >= 15 is 0 Å². The number of nitrogens with one attached hydrogen (secondary N) is 1. The van der Waals surface area contributed by atoms with Gasteiger partial charge < -0.3 is 25.0 Å². The van der Waals surface area contributed by atoms with Crippen LogP contribution in [-0.4, -0.2) is 64.8 Å². The largest absolute Gasteiger partial charge is 0.483 e. The Bertz CT molecular complexity index is 1650. The molecule has 3 amide bonds. The van der Waals surface area contributed by atoms with Gasteiger partial charge in [0.1, 0.15) is 5.75 Å². The van der Waals surface area contributed by atoms with Crippen molar-refractivity contribution in [3.05, 3.63) is 102 Å². The Kier molecular flexibility index (Phi) is 9.86. The van der Waals surface area contributed by atoms with E-state index < -0.39 is 11.9 Å². The number of nitrogens with zero attached hydrogens (tertiary/aromatic N) is 2. The predicted octanol–water partition coefficient (Wildman–Crippen LogP) is 4.63. The lowest BCUT2D eigenvalue weighted by Crippen LogP contribution is -2.36. The minimum Gasteiger partial charge on any atom is -0.483 e. The zero-order chi connectivity index (χ0) is 30.9. The summed E-state index contributed by atoms with van der Waals surface area (Å²) in [7, 11) is 0. The number of hydrogen-bond acceptors (Lipinski definition) is 5. The third-order valence-corrected chi connectivity index (χ3v) is 7.67. The van der Waals surface area contributed by atoms with Crippen molar-refractivity contribution in [2.75, 3.05) is 26.2 Å². The number of carboxylic acid groups (broad SMARTS) is 1. The van der Waals surface area contributed by atoms with Crippen molar-refractivity contribution in [3.63, 3.8) is 0 Å². The smallest absolute Gasteiger partial charge is 0.394 e. The van der Waals surface area contributed by atoms with Gasteiger partial charge in [0.05, 0.1) is 6.54 Å². The molecule has 0 saturated carbocycles. The van der Waals surface area contributed by atoms with Gasteiger partial charge in [-0.15, -0.1) is 0 Å². The minimum atomic E-state index is -1.55. The van der Waals surface area contributed by atoms with Crippen molar-refractivity contribution in [3.8, 4) is 16.9 Å². The first kappa shape index (κ1) is 30.3. The fourth-order valence-electron chi connectivity index (χ4n) is 5.44. The van der Waals surface area contributed by atoms with Gasteiger partial charge in [0, 0.05) is 38.2 Å². The quantitative estimate of drug-likeness (QED) is 0.183. The Hall–Kier alpha value is -5.18. The summed E-state index contributed by atoms with van der Waals surface area (Å²) in [6, 6.07) is 28.7. The summed E-state index contributed by atoms with van der Waals surface area (Å²) in [6.07, 6.45) is 2.10. The van der Waals surface area contributed by atoms with E-state index in [4.69, 9.17) is 4.74 Å². The highest BCUT2D eigenvalue weighted by atomic mass is 16.5. The third kappa shape index (κ3) is 7.60. The van der Waals surface area contributed by atoms with Crippen molar-refractivity contribution < 1.29 is 29.0 Å². The number of fused-ring (bicyclic) bond motifs is 1. The molecule has 0 aromatic heterocycles. The SMILES string of the molecule is O=C(COc1cc(-c2cccc3ccccc23)ccc1CN(Cc1ccccc1)C(=O)C(=O)O)NCCCN1CCCC1=O. The van der Waals surface area contributed by atoms with Crippen molar-refractivity contribution >= 4 is 34.5 Å². The van der Waals surface area contributed by atoms with Crippen molar-refractivity contribution in [1.29, 1.82) is 0 Å². The second kappa shape index (κ2) is 14.3. The maximum Gasteiger partial charge on any atom is 0.394 e. The van der Waals surface area contributed by atoms with E-state index in [2.05, 4.69) is 5.32 Å². The highest BCUT2D eigenvalue weighted by molar-refractivity contribution is 6.31. The lowest BCUT2D eigenvalue weighted by Gasteiger charge is -2.23. The average molecular weight is 594 g/mol. The van der Waals surface area contributed by atoms with Crippen LogP contribution in [0.4, 0.5) is 0 Å². The number of carbonyl (C=O) groups excluding carboxylic acids is 3. The van der Waals surface area contributed by atoms with E-state index in [-0.39, 0.29) is 31.5 Å². The molecule has 1 fully saturated rings. The predicted molar refractivity (Wildman–Crippen MR) is 167 cm³/mol. The van der Waals surface area contributed by atoms with E-state index in [0.717, 1.165) is 40.4 Å². The standard InChI is InChI=1S/C35H35N3O6/c39-32(36-18-8-20-37-19-7-15-33(37)40)24-44-31-21-27(30-14-6-12-26-11-4-5-13-29(26)30)16-17-28(31)23-38(34(41)35(42)43)22-25-9-2-1-3-10-25/h1-6,9-14,16-17,21H,7-8,15,18-20,22-24H2,(H,36,39)(H,42,43). The van der Waals surface area contributed by atoms with Gasteiger partial charge in [-0.25, -0.2) is 4.79 Å². The summed E-state index contributed by atoms with van der Waals surface area (Å²) in [6.45, 7) is 1.57. The van der Waals surface area contributed by atoms with Crippen LogP contribution in [0.2, 0.25) is 0 Å². The van der Waals surface area contributed by atoms with E-state index in [1.807, 2.05) is 95.9 Å². The molecular weight excluding hydrogens is 558 g/mol. The highest BCUT2D eigenvalue weighted by Gasteiger charge is 2.24. The number of hydrogen-bond donors (Lipinski definition) is 2. The number of carbonyl (C=O) groups is 4. The van der Waals surface area contributed by atoms with Gasteiger partial charge in [0.15, 0.2) is 6.61 Å². The molecule has 0 spiro atoms. The monoisotopic (exact) mass is 593 g/mol. The van der Waals surface area contributed by atoms with Crippen LogP contribution >= 0.6 is 0 Å². The number of carboxylic acids is 1. The Morgan fingerprint density at radius 3 is 2.45 bits per heavy atom. The van der Waals surface area contributed by atoms with Crippen molar-refractivity contribution in [2.45, 2.75) is 32.4 Å². The Morgan fingerprint density at radius 1 is 0.909 bits per heavy atom. The van der Waals surface area contributed by atoms with Gasteiger partial charge in [0.25, 0.3) is 5.91 Å². The first-order chi connectivity index (χ1) is 21.4. The Balaban J connectivity index is 1.36. The van der Waals surface area contributed by atoms with Crippen LogP contribution in [0, 0.1) is 0 Å². The van der Waals surface area contributed by atoms with E-state index in [0.29, 0.717) is 37.2 Å². The van der Waals surface area contributed by atoms with Crippen LogP contribution in [0.1, 0.15) is 30.4 Å². The van der Waals surface area contributed by atoms with Crippen LogP contribution < -0.4 is 10.1 Å². The van der Waals surface area contributed by atoms with Gasteiger partial charge in [-0.2, -0.15) is 0 Å². The molecular formula is C35H35N3O6. The molecule has 5 rings (SSSR count). The van der Waals surface area contributed by atoms with Gasteiger partial charge in [-0.05, 0) is 46.4 Å². The zero-order valence-electron chi connectivity index (χ0n) is 24.4. The molecule has 0 unspecified atom stereocenters. The summed E-state index contributed by atoms with van der Waals surface area (Å²) < 4.78 is 6.05. The van der Waals surface area contributed by atoms with Crippen molar-refractivity contribution in [1.82, 2.24) is 15.1 Å². The lowest BCUT2D eigenvalue weighted by molar-refractivity contribution is -0.156. The fourth-order valence-corrected chi connectivity index (χ4v) is 5.44. The van der Waals surface area contributed by atoms with Crippen molar-refractivity contribution in [2.24, 2.45) is 0 Å². The maximum absolute atomic E-state index is 12.7. The number of rotatable bonds is 12. The maximum atomic E-state index is 12.7. The van der Waals surface area contributed by atoms with Gasteiger partial charge in [-0.3, -0.25) is 14.4 Å². The molecule has 1 heterocycles. The number of amides is 3.